The van der Waals surface area contributed by atoms with Crippen LogP contribution in [0.4, 0.5) is 5.13 Å². The predicted molar refractivity (Wildman–Crippen MR) is 75.8 cm³/mol. The zero-order chi connectivity index (χ0) is 13.8. The molecule has 0 unspecified atom stereocenters. The van der Waals surface area contributed by atoms with E-state index >= 15 is 0 Å². The summed E-state index contributed by atoms with van der Waals surface area (Å²) >= 11 is 1.25. The molecule has 1 aromatic rings. The smallest absolute Gasteiger partial charge is 0.240 e. The average molecular weight is 281 g/mol. The molecule has 2 heterocycles. The second-order valence-corrected chi connectivity index (χ2v) is 5.87. The van der Waals surface area contributed by atoms with Crippen LogP contribution in [0.5, 0.6) is 0 Å². The molecule has 104 valence electrons. The van der Waals surface area contributed by atoms with Crippen molar-refractivity contribution in [1.82, 2.24) is 9.88 Å². The fraction of sp³-hybridized carbons (Fsp3) is 0.615. The molecule has 0 radical (unpaired) electrons. The van der Waals surface area contributed by atoms with Crippen molar-refractivity contribution in [3.8, 4) is 0 Å². The number of ketones is 1. The maximum absolute atomic E-state index is 11.9. The fourth-order valence-corrected chi connectivity index (χ4v) is 3.13. The third kappa shape index (κ3) is 3.84. The lowest BCUT2D eigenvalue weighted by Gasteiger charge is -2.25. The zero-order valence-corrected chi connectivity index (χ0v) is 12.2. The normalized spacial score (nSPS) is 16.3. The maximum atomic E-state index is 11.9. The molecular formula is C13H19N3O2S. The number of nitrogens with one attached hydrogen (secondary N) is 1. The van der Waals surface area contributed by atoms with Gasteiger partial charge in [-0.05, 0) is 32.9 Å². The molecule has 5 nitrogen and oxygen atoms in total. The van der Waals surface area contributed by atoms with Crippen LogP contribution in [-0.4, -0.2) is 41.2 Å². The molecule has 0 aromatic carbocycles. The van der Waals surface area contributed by atoms with Gasteiger partial charge in [0.1, 0.15) is 0 Å². The minimum Gasteiger partial charge on any atom is -0.301 e. The highest BCUT2D eigenvalue weighted by Gasteiger charge is 2.16. The number of aryl methyl sites for hydroxylation is 1. The first-order valence-electron chi connectivity index (χ1n) is 6.57. The van der Waals surface area contributed by atoms with Crippen molar-refractivity contribution in [2.45, 2.75) is 33.1 Å². The number of anilines is 1. The van der Waals surface area contributed by atoms with Crippen LogP contribution < -0.4 is 5.32 Å². The molecule has 0 atom stereocenters. The summed E-state index contributed by atoms with van der Waals surface area (Å²) in [4.78, 5) is 30.2. The van der Waals surface area contributed by atoms with Crippen LogP contribution in [0.1, 0.15) is 41.6 Å². The Balaban J connectivity index is 1.91. The van der Waals surface area contributed by atoms with E-state index in [4.69, 9.17) is 0 Å². The summed E-state index contributed by atoms with van der Waals surface area (Å²) in [7, 11) is 0. The lowest BCUT2D eigenvalue weighted by molar-refractivity contribution is -0.117. The minimum absolute atomic E-state index is 0.00784. The van der Waals surface area contributed by atoms with Gasteiger partial charge in [-0.1, -0.05) is 17.8 Å². The highest BCUT2D eigenvalue weighted by molar-refractivity contribution is 7.17. The fourth-order valence-electron chi connectivity index (χ4n) is 2.26. The molecule has 19 heavy (non-hydrogen) atoms. The number of carbonyl (C=O) groups excluding carboxylic acids is 2. The van der Waals surface area contributed by atoms with Gasteiger partial charge in [0.05, 0.1) is 17.1 Å². The summed E-state index contributed by atoms with van der Waals surface area (Å²) in [6, 6.07) is 0. The van der Waals surface area contributed by atoms with E-state index in [0.29, 0.717) is 22.2 Å². The number of amides is 1. The third-order valence-electron chi connectivity index (χ3n) is 3.18. The number of nitrogens with zero attached hydrogens (tertiary/aromatic N) is 2. The minimum atomic E-state index is -0.0502. The number of carbonyl (C=O) groups is 2. The Labute approximate surface area is 117 Å². The van der Waals surface area contributed by atoms with E-state index in [0.717, 1.165) is 25.9 Å². The van der Waals surface area contributed by atoms with Gasteiger partial charge in [-0.2, -0.15) is 0 Å². The Morgan fingerprint density at radius 3 is 2.58 bits per heavy atom. The molecule has 0 saturated carbocycles. The van der Waals surface area contributed by atoms with Crippen LogP contribution in [0.3, 0.4) is 0 Å². The summed E-state index contributed by atoms with van der Waals surface area (Å²) in [6.07, 6.45) is 3.59. The van der Waals surface area contributed by atoms with E-state index in [-0.39, 0.29) is 11.7 Å². The molecule has 1 N–H and O–H groups in total. The van der Waals surface area contributed by atoms with Crippen molar-refractivity contribution in [2.24, 2.45) is 0 Å². The van der Waals surface area contributed by atoms with Crippen LogP contribution in [-0.2, 0) is 4.79 Å². The van der Waals surface area contributed by atoms with E-state index in [1.54, 1.807) is 6.92 Å². The molecule has 1 aliphatic rings. The topological polar surface area (TPSA) is 62.3 Å². The molecule has 1 fully saturated rings. The number of thiazole rings is 1. The first-order chi connectivity index (χ1) is 9.06. The number of aromatic nitrogens is 1. The molecule has 1 amide bonds. The van der Waals surface area contributed by atoms with E-state index in [9.17, 15) is 9.59 Å². The summed E-state index contributed by atoms with van der Waals surface area (Å²) in [5, 5.41) is 3.30. The number of Topliss-reactive ketones (excluding diaryl/α,β-unsaturated/α-hetero) is 1. The van der Waals surface area contributed by atoms with Crippen molar-refractivity contribution >= 4 is 28.2 Å². The second kappa shape index (κ2) is 6.25. The van der Waals surface area contributed by atoms with Crippen molar-refractivity contribution in [2.75, 3.05) is 25.0 Å². The van der Waals surface area contributed by atoms with E-state index in [1.165, 1.54) is 24.7 Å². The molecule has 6 heteroatoms. The molecule has 1 aliphatic heterocycles. The molecule has 0 aliphatic carbocycles. The van der Waals surface area contributed by atoms with Gasteiger partial charge in [-0.3, -0.25) is 14.5 Å². The molecule has 1 aromatic heterocycles. The monoisotopic (exact) mass is 281 g/mol. The number of rotatable bonds is 4. The molecule has 0 spiro atoms. The van der Waals surface area contributed by atoms with Gasteiger partial charge in [-0.15, -0.1) is 0 Å². The largest absolute Gasteiger partial charge is 0.301 e. The summed E-state index contributed by atoms with van der Waals surface area (Å²) in [5.74, 6) is -0.0581. The van der Waals surface area contributed by atoms with Crippen molar-refractivity contribution in [3.63, 3.8) is 0 Å². The number of piperidine rings is 1. The average Bonchev–Trinajstić information content (AvgIpc) is 2.71. The Morgan fingerprint density at radius 1 is 1.32 bits per heavy atom. The first-order valence-corrected chi connectivity index (χ1v) is 7.38. The van der Waals surface area contributed by atoms with Crippen LogP contribution >= 0.6 is 11.3 Å². The quantitative estimate of drug-likeness (QED) is 0.858. The van der Waals surface area contributed by atoms with Gasteiger partial charge < -0.3 is 5.32 Å². The van der Waals surface area contributed by atoms with E-state index in [1.807, 2.05) is 0 Å². The molecule has 1 saturated heterocycles. The Morgan fingerprint density at radius 2 is 2.00 bits per heavy atom. The summed E-state index contributed by atoms with van der Waals surface area (Å²) in [6.45, 7) is 5.69. The Hall–Kier alpha value is -1.27. The summed E-state index contributed by atoms with van der Waals surface area (Å²) in [5.41, 5.74) is 0.686. The van der Waals surface area contributed by atoms with Gasteiger partial charge >= 0.3 is 0 Å². The number of likely N-dealkylation sites (tertiary alicyclic amines) is 1. The molecular weight excluding hydrogens is 262 g/mol. The summed E-state index contributed by atoms with van der Waals surface area (Å²) < 4.78 is 0. The van der Waals surface area contributed by atoms with Crippen LogP contribution in [0.2, 0.25) is 0 Å². The van der Waals surface area contributed by atoms with Crippen LogP contribution in [0, 0.1) is 6.92 Å². The predicted octanol–water partition coefficient (Wildman–Crippen LogP) is 2.08. The van der Waals surface area contributed by atoms with Crippen LogP contribution in [0.15, 0.2) is 0 Å². The van der Waals surface area contributed by atoms with Gasteiger partial charge in [0, 0.05) is 6.92 Å². The van der Waals surface area contributed by atoms with Gasteiger partial charge in [0.25, 0.3) is 0 Å². The lowest BCUT2D eigenvalue weighted by Crippen LogP contribution is -2.36. The van der Waals surface area contributed by atoms with Gasteiger partial charge in [0.15, 0.2) is 10.9 Å². The Kier molecular flexibility index (Phi) is 4.66. The van der Waals surface area contributed by atoms with Crippen molar-refractivity contribution in [3.05, 3.63) is 10.6 Å². The van der Waals surface area contributed by atoms with Gasteiger partial charge in [0.2, 0.25) is 5.91 Å². The highest BCUT2D eigenvalue weighted by atomic mass is 32.1. The molecule has 0 bridgehead atoms. The highest BCUT2D eigenvalue weighted by Crippen LogP contribution is 2.22. The number of hydrogen-bond acceptors (Lipinski definition) is 5. The van der Waals surface area contributed by atoms with Gasteiger partial charge in [-0.25, -0.2) is 4.98 Å². The van der Waals surface area contributed by atoms with E-state index in [2.05, 4.69) is 15.2 Å². The van der Waals surface area contributed by atoms with Crippen molar-refractivity contribution < 1.29 is 9.59 Å². The van der Waals surface area contributed by atoms with Crippen molar-refractivity contribution in [1.29, 1.82) is 0 Å². The first kappa shape index (κ1) is 14.1. The number of hydrogen-bond donors (Lipinski definition) is 1. The van der Waals surface area contributed by atoms with Crippen LogP contribution in [0.25, 0.3) is 0 Å². The maximum Gasteiger partial charge on any atom is 0.240 e. The lowest BCUT2D eigenvalue weighted by atomic mass is 10.1. The van der Waals surface area contributed by atoms with E-state index < -0.39 is 0 Å². The zero-order valence-electron chi connectivity index (χ0n) is 11.4. The standard InChI is InChI=1S/C13H19N3O2S/c1-9-12(10(2)17)19-13(14-9)15-11(18)8-16-6-4-3-5-7-16/h3-8H2,1-2H3,(H,14,15,18). The SMILES string of the molecule is CC(=O)c1sc(NC(=O)CN2CCCCC2)nc1C. The Bertz CT molecular complexity index is 478. The molecule has 2 rings (SSSR count). The third-order valence-corrected chi connectivity index (χ3v) is 4.35. The second-order valence-electron chi connectivity index (χ2n) is 4.87.